The number of nitrogens with one attached hydrogen (secondary N) is 1. The van der Waals surface area contributed by atoms with Crippen molar-refractivity contribution in [2.75, 3.05) is 25.0 Å². The number of benzene rings is 2. The molecule has 1 fully saturated rings. The Morgan fingerprint density at radius 3 is 2.65 bits per heavy atom. The van der Waals surface area contributed by atoms with Crippen molar-refractivity contribution >= 4 is 11.6 Å². The van der Waals surface area contributed by atoms with E-state index in [0.29, 0.717) is 36.3 Å². The monoisotopic (exact) mass is 422 g/mol. The van der Waals surface area contributed by atoms with Crippen LogP contribution >= 0.6 is 0 Å². The minimum Gasteiger partial charge on any atom is -0.339 e. The summed E-state index contributed by atoms with van der Waals surface area (Å²) in [4.78, 5) is 19.2. The molecule has 1 aromatic heterocycles. The molecule has 1 saturated heterocycles. The smallest absolute Gasteiger partial charge is 0.238 e. The fourth-order valence-electron chi connectivity index (χ4n) is 3.87. The molecular weight excluding hydrogens is 395 g/mol. The Bertz CT molecular complexity index is 1010. The Morgan fingerprint density at radius 2 is 1.94 bits per heavy atom. The molecule has 2 heterocycles. The van der Waals surface area contributed by atoms with Crippen LogP contribution in [0.25, 0.3) is 11.4 Å². The van der Waals surface area contributed by atoms with Gasteiger partial charge in [-0.15, -0.1) is 0 Å². The molecule has 31 heavy (non-hydrogen) atoms. The first-order chi connectivity index (χ1) is 15.0. The molecule has 7 heteroatoms. The van der Waals surface area contributed by atoms with Gasteiger partial charge in [0.2, 0.25) is 17.6 Å². The predicted molar refractivity (Wildman–Crippen MR) is 117 cm³/mol. The molecule has 1 aliphatic heterocycles. The van der Waals surface area contributed by atoms with Crippen molar-refractivity contribution in [3.63, 3.8) is 0 Å². The van der Waals surface area contributed by atoms with E-state index in [4.69, 9.17) is 4.52 Å². The number of aromatic nitrogens is 2. The quantitative estimate of drug-likeness (QED) is 0.617. The van der Waals surface area contributed by atoms with Crippen molar-refractivity contribution in [1.29, 1.82) is 0 Å². The number of halogens is 1. The molecule has 3 aromatic rings. The molecule has 0 radical (unpaired) electrons. The number of hydrogen-bond acceptors (Lipinski definition) is 5. The van der Waals surface area contributed by atoms with Crippen molar-refractivity contribution in [2.45, 2.75) is 38.5 Å². The van der Waals surface area contributed by atoms with Gasteiger partial charge in [-0.3, -0.25) is 9.69 Å². The first-order valence-electron chi connectivity index (χ1n) is 10.7. The van der Waals surface area contributed by atoms with Gasteiger partial charge in [0.05, 0.1) is 12.5 Å². The van der Waals surface area contributed by atoms with Crippen LogP contribution in [0.15, 0.2) is 53.1 Å². The number of anilines is 1. The summed E-state index contributed by atoms with van der Waals surface area (Å²) in [5.41, 5.74) is 2.77. The maximum absolute atomic E-state index is 13.1. The number of hydrogen-bond donors (Lipinski definition) is 1. The Kier molecular flexibility index (Phi) is 6.42. The van der Waals surface area contributed by atoms with E-state index in [1.807, 2.05) is 24.3 Å². The lowest BCUT2D eigenvalue weighted by Gasteiger charge is -2.30. The lowest BCUT2D eigenvalue weighted by atomic mass is 9.98. The van der Waals surface area contributed by atoms with Crippen molar-refractivity contribution in [3.8, 4) is 11.4 Å². The van der Waals surface area contributed by atoms with E-state index in [0.717, 1.165) is 25.1 Å². The maximum atomic E-state index is 13.1. The van der Waals surface area contributed by atoms with Crippen LogP contribution in [0.1, 0.15) is 50.0 Å². The Labute approximate surface area is 181 Å². The van der Waals surface area contributed by atoms with E-state index >= 15 is 0 Å². The Hall–Kier alpha value is -3.06. The van der Waals surface area contributed by atoms with Gasteiger partial charge in [0.25, 0.3) is 0 Å². The molecule has 0 bridgehead atoms. The highest BCUT2D eigenvalue weighted by Gasteiger charge is 2.27. The number of rotatable bonds is 6. The molecule has 0 spiro atoms. The molecule has 6 nitrogen and oxygen atoms in total. The number of carbonyl (C=O) groups excluding carboxylic acids is 1. The number of amides is 1. The third-order valence-electron chi connectivity index (χ3n) is 5.63. The summed E-state index contributed by atoms with van der Waals surface area (Å²) in [6.07, 6.45) is 1.88. The SMILES string of the molecule is CC(C)c1ccc(NC(=O)CN2CCCC(c3nc(-c4ccc(F)cc4)no3)C2)cc1. The van der Waals surface area contributed by atoms with Gasteiger partial charge in [-0.25, -0.2) is 4.39 Å². The molecule has 4 rings (SSSR count). The maximum Gasteiger partial charge on any atom is 0.238 e. The molecule has 1 N–H and O–H groups in total. The van der Waals surface area contributed by atoms with E-state index in [2.05, 4.69) is 34.2 Å². The number of likely N-dealkylation sites (tertiary alicyclic amines) is 1. The van der Waals surface area contributed by atoms with Gasteiger partial charge in [0, 0.05) is 17.8 Å². The van der Waals surface area contributed by atoms with Crippen LogP contribution < -0.4 is 5.32 Å². The first-order valence-corrected chi connectivity index (χ1v) is 10.7. The third kappa shape index (κ3) is 5.35. The molecule has 0 aliphatic carbocycles. The van der Waals surface area contributed by atoms with E-state index in [9.17, 15) is 9.18 Å². The highest BCUT2D eigenvalue weighted by molar-refractivity contribution is 5.92. The number of carbonyl (C=O) groups is 1. The highest BCUT2D eigenvalue weighted by atomic mass is 19.1. The molecular formula is C24H27FN4O2. The molecule has 1 atom stereocenters. The number of nitrogens with zero attached hydrogens (tertiary/aromatic N) is 3. The van der Waals surface area contributed by atoms with Gasteiger partial charge in [-0.1, -0.05) is 31.1 Å². The van der Waals surface area contributed by atoms with Crippen molar-refractivity contribution in [3.05, 3.63) is 65.8 Å². The van der Waals surface area contributed by atoms with Crippen LogP contribution in [0.5, 0.6) is 0 Å². The second kappa shape index (κ2) is 9.39. The Morgan fingerprint density at radius 1 is 1.19 bits per heavy atom. The van der Waals surface area contributed by atoms with Crippen LogP contribution in [0, 0.1) is 5.82 Å². The van der Waals surface area contributed by atoms with Gasteiger partial charge in [-0.05, 0) is 67.3 Å². The molecule has 1 aliphatic rings. The lowest BCUT2D eigenvalue weighted by molar-refractivity contribution is -0.117. The van der Waals surface area contributed by atoms with Crippen LogP contribution in [0.4, 0.5) is 10.1 Å². The Balaban J connectivity index is 1.34. The fourth-order valence-corrected chi connectivity index (χ4v) is 3.87. The second-order valence-corrected chi connectivity index (χ2v) is 8.36. The average Bonchev–Trinajstić information content (AvgIpc) is 3.25. The second-order valence-electron chi connectivity index (χ2n) is 8.36. The first kappa shape index (κ1) is 21.2. The molecule has 1 amide bonds. The van der Waals surface area contributed by atoms with Crippen molar-refractivity contribution in [2.24, 2.45) is 0 Å². The molecule has 0 saturated carbocycles. The topological polar surface area (TPSA) is 71.3 Å². The van der Waals surface area contributed by atoms with Crippen LogP contribution in [-0.2, 0) is 4.79 Å². The van der Waals surface area contributed by atoms with E-state index in [-0.39, 0.29) is 17.6 Å². The molecule has 162 valence electrons. The summed E-state index contributed by atoms with van der Waals surface area (Å²) in [5, 5.41) is 7.02. The van der Waals surface area contributed by atoms with Gasteiger partial charge >= 0.3 is 0 Å². The van der Waals surface area contributed by atoms with Crippen LogP contribution in [0.3, 0.4) is 0 Å². The minimum absolute atomic E-state index is 0.0320. The lowest BCUT2D eigenvalue weighted by Crippen LogP contribution is -2.39. The zero-order valence-corrected chi connectivity index (χ0v) is 17.8. The van der Waals surface area contributed by atoms with Gasteiger partial charge in [-0.2, -0.15) is 4.98 Å². The van der Waals surface area contributed by atoms with Gasteiger partial charge < -0.3 is 9.84 Å². The largest absolute Gasteiger partial charge is 0.339 e. The summed E-state index contributed by atoms with van der Waals surface area (Å²) in [6.45, 7) is 6.15. The minimum atomic E-state index is -0.301. The fraction of sp³-hybridized carbons (Fsp3) is 0.375. The summed E-state index contributed by atoms with van der Waals surface area (Å²) in [7, 11) is 0. The zero-order valence-electron chi connectivity index (χ0n) is 17.8. The van der Waals surface area contributed by atoms with Crippen molar-refractivity contribution in [1.82, 2.24) is 15.0 Å². The van der Waals surface area contributed by atoms with E-state index in [1.165, 1.54) is 17.7 Å². The standard InChI is InChI=1S/C24H27FN4O2/c1-16(2)17-7-11-21(12-8-17)26-22(30)15-29-13-3-4-19(14-29)24-27-23(28-31-24)18-5-9-20(25)10-6-18/h5-12,16,19H,3-4,13-15H2,1-2H3,(H,26,30). The van der Waals surface area contributed by atoms with Gasteiger partial charge in [0.15, 0.2) is 0 Å². The summed E-state index contributed by atoms with van der Waals surface area (Å²) >= 11 is 0. The normalized spacial score (nSPS) is 17.1. The average molecular weight is 423 g/mol. The summed E-state index contributed by atoms with van der Waals surface area (Å²) < 4.78 is 18.6. The highest BCUT2D eigenvalue weighted by Crippen LogP contribution is 2.27. The van der Waals surface area contributed by atoms with Gasteiger partial charge in [0.1, 0.15) is 5.82 Å². The predicted octanol–water partition coefficient (Wildman–Crippen LogP) is 4.82. The molecule has 1 unspecified atom stereocenters. The molecule has 2 aromatic carbocycles. The third-order valence-corrected chi connectivity index (χ3v) is 5.63. The van der Waals surface area contributed by atoms with E-state index in [1.54, 1.807) is 12.1 Å². The number of piperidine rings is 1. The van der Waals surface area contributed by atoms with Crippen LogP contribution in [-0.4, -0.2) is 40.6 Å². The summed E-state index contributed by atoms with van der Waals surface area (Å²) in [5.74, 6) is 1.22. The van der Waals surface area contributed by atoms with Crippen LogP contribution in [0.2, 0.25) is 0 Å². The summed E-state index contributed by atoms with van der Waals surface area (Å²) in [6, 6.07) is 14.0. The van der Waals surface area contributed by atoms with E-state index < -0.39 is 0 Å². The van der Waals surface area contributed by atoms with Crippen molar-refractivity contribution < 1.29 is 13.7 Å². The zero-order chi connectivity index (χ0) is 21.8.